The Morgan fingerprint density at radius 2 is 1.50 bits per heavy atom. The number of amides is 2. The number of halogens is 2. The van der Waals surface area contributed by atoms with Crippen molar-refractivity contribution in [3.05, 3.63) is 69.7 Å². The number of nitrogens with one attached hydrogen (secondary N) is 1. The van der Waals surface area contributed by atoms with E-state index in [0.717, 1.165) is 24.0 Å². The lowest BCUT2D eigenvalue weighted by Gasteiger charge is -2.41. The van der Waals surface area contributed by atoms with Crippen molar-refractivity contribution in [3.8, 4) is 0 Å². The summed E-state index contributed by atoms with van der Waals surface area (Å²) < 4.78 is 6.38. The lowest BCUT2D eigenvalue weighted by molar-refractivity contribution is -0.0647. The van der Waals surface area contributed by atoms with Gasteiger partial charge in [0, 0.05) is 27.2 Å². The van der Waals surface area contributed by atoms with Gasteiger partial charge in [-0.15, -0.1) is 0 Å². The van der Waals surface area contributed by atoms with Crippen molar-refractivity contribution in [3.63, 3.8) is 0 Å². The lowest BCUT2D eigenvalue weighted by atomic mass is 10.0. The number of hydrogen-bond acceptors (Lipinski definition) is 2. The van der Waals surface area contributed by atoms with Gasteiger partial charge in [-0.05, 0) is 25.0 Å². The molecule has 2 aliphatic rings. The monoisotopic (exact) mass is 418 g/mol. The average molecular weight is 419 g/mol. The number of benzene rings is 2. The van der Waals surface area contributed by atoms with Crippen LogP contribution in [-0.2, 0) is 4.74 Å². The summed E-state index contributed by atoms with van der Waals surface area (Å²) in [6, 6.07) is 15.6. The second kappa shape index (κ2) is 8.73. The molecule has 2 aromatic carbocycles. The Kier molecular flexibility index (Phi) is 6.10. The summed E-state index contributed by atoms with van der Waals surface area (Å²) in [5.74, 6) is 0. The molecule has 4 nitrogen and oxygen atoms in total. The highest BCUT2D eigenvalue weighted by atomic mass is 35.5. The number of urea groups is 1. The second-order valence-corrected chi connectivity index (χ2v) is 8.33. The smallest absolute Gasteiger partial charge is 0.317 e. The fourth-order valence-electron chi connectivity index (χ4n) is 3.91. The van der Waals surface area contributed by atoms with Crippen LogP contribution in [0, 0.1) is 0 Å². The standard InChI is InChI=1S/C22H24Cl2N2O2/c23-19-11-5-3-9-17(19)21(18-10-4-6-12-20(18)24)28-16-13-26(14-16)22(27)25-15-7-1-2-8-15/h3-6,9-12,15-16,21H,1-2,7-8,13-14H2,(H,25,27). The molecule has 148 valence electrons. The minimum Gasteiger partial charge on any atom is -0.362 e. The number of nitrogens with zero attached hydrogens (tertiary/aromatic N) is 1. The Bertz CT molecular complexity index is 787. The minimum absolute atomic E-state index is 0.0128. The van der Waals surface area contributed by atoms with Crippen LogP contribution in [0.3, 0.4) is 0 Å². The molecule has 0 radical (unpaired) electrons. The zero-order valence-corrected chi connectivity index (χ0v) is 17.1. The van der Waals surface area contributed by atoms with Crippen molar-refractivity contribution >= 4 is 29.2 Å². The van der Waals surface area contributed by atoms with Crippen LogP contribution in [0.4, 0.5) is 4.79 Å². The highest BCUT2D eigenvalue weighted by Gasteiger charge is 2.35. The molecule has 1 saturated carbocycles. The summed E-state index contributed by atoms with van der Waals surface area (Å²) in [6.45, 7) is 1.15. The maximum absolute atomic E-state index is 12.4. The SMILES string of the molecule is O=C(NC1CCCC1)N1CC(OC(c2ccccc2Cl)c2ccccc2Cl)C1. The van der Waals surface area contributed by atoms with Crippen LogP contribution >= 0.6 is 23.2 Å². The van der Waals surface area contributed by atoms with Gasteiger partial charge in [-0.2, -0.15) is 0 Å². The minimum atomic E-state index is -0.368. The molecule has 2 fully saturated rings. The largest absolute Gasteiger partial charge is 0.362 e. The summed E-state index contributed by atoms with van der Waals surface area (Å²) in [5.41, 5.74) is 1.76. The van der Waals surface area contributed by atoms with Crippen molar-refractivity contribution in [2.24, 2.45) is 0 Å². The van der Waals surface area contributed by atoms with Gasteiger partial charge < -0.3 is 15.0 Å². The van der Waals surface area contributed by atoms with Gasteiger partial charge in [0.15, 0.2) is 0 Å². The van der Waals surface area contributed by atoms with E-state index in [0.29, 0.717) is 29.2 Å². The van der Waals surface area contributed by atoms with Gasteiger partial charge in [-0.1, -0.05) is 72.4 Å². The molecule has 6 heteroatoms. The fourth-order valence-corrected chi connectivity index (χ4v) is 4.38. The predicted octanol–water partition coefficient (Wildman–Crippen LogP) is 5.44. The van der Waals surface area contributed by atoms with E-state index in [1.807, 2.05) is 48.5 Å². The van der Waals surface area contributed by atoms with Crippen LogP contribution in [0.1, 0.15) is 42.9 Å². The molecule has 1 saturated heterocycles. The predicted molar refractivity (Wildman–Crippen MR) is 112 cm³/mol. The van der Waals surface area contributed by atoms with E-state index < -0.39 is 0 Å². The topological polar surface area (TPSA) is 41.6 Å². The molecule has 0 atom stereocenters. The summed E-state index contributed by atoms with van der Waals surface area (Å²) in [7, 11) is 0. The third-order valence-electron chi connectivity index (χ3n) is 5.52. The Morgan fingerprint density at radius 3 is 2.04 bits per heavy atom. The molecule has 0 bridgehead atoms. The van der Waals surface area contributed by atoms with Crippen molar-refractivity contribution in [2.75, 3.05) is 13.1 Å². The fraction of sp³-hybridized carbons (Fsp3) is 0.409. The van der Waals surface area contributed by atoms with Crippen LogP contribution < -0.4 is 5.32 Å². The number of carbonyl (C=O) groups is 1. The average Bonchev–Trinajstić information content (AvgIpc) is 3.15. The maximum atomic E-state index is 12.4. The first-order valence-electron chi connectivity index (χ1n) is 9.81. The molecular formula is C22H24Cl2N2O2. The summed E-state index contributed by atoms with van der Waals surface area (Å²) in [4.78, 5) is 14.2. The summed E-state index contributed by atoms with van der Waals surface area (Å²) in [5, 5.41) is 4.41. The molecule has 1 heterocycles. The van der Waals surface area contributed by atoms with Crippen molar-refractivity contribution in [1.82, 2.24) is 10.2 Å². The van der Waals surface area contributed by atoms with Crippen LogP contribution in [0.25, 0.3) is 0 Å². The number of rotatable bonds is 5. The number of ether oxygens (including phenoxy) is 1. The number of likely N-dealkylation sites (tertiary alicyclic amines) is 1. The molecule has 4 rings (SSSR count). The first kappa shape index (κ1) is 19.6. The van der Waals surface area contributed by atoms with E-state index in [4.69, 9.17) is 27.9 Å². The highest BCUT2D eigenvalue weighted by molar-refractivity contribution is 6.32. The third kappa shape index (κ3) is 4.29. The van der Waals surface area contributed by atoms with Crippen molar-refractivity contribution in [1.29, 1.82) is 0 Å². The lowest BCUT2D eigenvalue weighted by Crippen LogP contribution is -2.59. The van der Waals surface area contributed by atoms with Gasteiger partial charge in [-0.25, -0.2) is 4.79 Å². The van der Waals surface area contributed by atoms with Gasteiger partial charge in [-0.3, -0.25) is 0 Å². The van der Waals surface area contributed by atoms with E-state index in [9.17, 15) is 4.79 Å². The van der Waals surface area contributed by atoms with Gasteiger partial charge >= 0.3 is 6.03 Å². The van der Waals surface area contributed by atoms with Gasteiger partial charge in [0.1, 0.15) is 6.10 Å². The summed E-state index contributed by atoms with van der Waals surface area (Å²) >= 11 is 12.9. The summed E-state index contributed by atoms with van der Waals surface area (Å²) in [6.07, 6.45) is 4.16. The van der Waals surface area contributed by atoms with Crippen LogP contribution in [-0.4, -0.2) is 36.2 Å². The molecule has 0 aromatic heterocycles. The Hall–Kier alpha value is -1.75. The maximum Gasteiger partial charge on any atom is 0.317 e. The van der Waals surface area contributed by atoms with Gasteiger partial charge in [0.05, 0.1) is 19.2 Å². The molecule has 1 aliphatic carbocycles. The second-order valence-electron chi connectivity index (χ2n) is 7.52. The zero-order valence-electron chi connectivity index (χ0n) is 15.6. The van der Waals surface area contributed by atoms with Gasteiger partial charge in [0.2, 0.25) is 0 Å². The molecule has 0 spiro atoms. The van der Waals surface area contributed by atoms with Crippen LogP contribution in [0.5, 0.6) is 0 Å². The Labute approximate surface area is 175 Å². The Morgan fingerprint density at radius 1 is 0.964 bits per heavy atom. The Balaban J connectivity index is 1.44. The van der Waals surface area contributed by atoms with Crippen LogP contribution in [0.15, 0.2) is 48.5 Å². The molecule has 1 aliphatic heterocycles. The van der Waals surface area contributed by atoms with Crippen molar-refractivity contribution in [2.45, 2.75) is 43.9 Å². The van der Waals surface area contributed by atoms with Crippen LogP contribution in [0.2, 0.25) is 10.0 Å². The normalized spacial score (nSPS) is 17.8. The van der Waals surface area contributed by atoms with E-state index in [-0.39, 0.29) is 18.2 Å². The molecular weight excluding hydrogens is 395 g/mol. The van der Waals surface area contributed by atoms with Gasteiger partial charge in [0.25, 0.3) is 0 Å². The molecule has 2 amide bonds. The highest BCUT2D eigenvalue weighted by Crippen LogP contribution is 2.37. The molecule has 0 unspecified atom stereocenters. The van der Waals surface area contributed by atoms with E-state index in [1.165, 1.54) is 12.8 Å². The van der Waals surface area contributed by atoms with E-state index in [1.54, 1.807) is 4.90 Å². The van der Waals surface area contributed by atoms with E-state index in [2.05, 4.69) is 5.32 Å². The molecule has 1 N–H and O–H groups in total. The zero-order chi connectivity index (χ0) is 19.5. The first-order valence-corrected chi connectivity index (χ1v) is 10.6. The first-order chi connectivity index (χ1) is 13.6. The quantitative estimate of drug-likeness (QED) is 0.702. The number of hydrogen-bond donors (Lipinski definition) is 1. The molecule has 2 aromatic rings. The molecule has 28 heavy (non-hydrogen) atoms. The van der Waals surface area contributed by atoms with E-state index >= 15 is 0 Å². The number of carbonyl (C=O) groups excluding carboxylic acids is 1. The third-order valence-corrected chi connectivity index (χ3v) is 6.21. The van der Waals surface area contributed by atoms with Crippen molar-refractivity contribution < 1.29 is 9.53 Å².